The van der Waals surface area contributed by atoms with E-state index in [1.807, 2.05) is 6.33 Å². The summed E-state index contributed by atoms with van der Waals surface area (Å²) >= 11 is 0. The second kappa shape index (κ2) is 4.37. The molecule has 1 N–H and O–H groups in total. The van der Waals surface area contributed by atoms with Crippen molar-refractivity contribution < 1.29 is 0 Å². The van der Waals surface area contributed by atoms with Crippen LogP contribution in [0.2, 0.25) is 0 Å². The van der Waals surface area contributed by atoms with Crippen LogP contribution in [-0.2, 0) is 12.0 Å². The molecular weight excluding hydrogens is 222 g/mol. The van der Waals surface area contributed by atoms with E-state index in [2.05, 4.69) is 34.9 Å². The van der Waals surface area contributed by atoms with Gasteiger partial charge in [-0.25, -0.2) is 4.98 Å². The zero-order valence-corrected chi connectivity index (χ0v) is 11.7. The first-order chi connectivity index (χ1) is 8.61. The molecule has 1 aromatic rings. The predicted molar refractivity (Wildman–Crippen MR) is 73.6 cm³/mol. The summed E-state index contributed by atoms with van der Waals surface area (Å²) in [5.41, 5.74) is 2.21. The van der Waals surface area contributed by atoms with E-state index < -0.39 is 0 Å². The van der Waals surface area contributed by atoms with Crippen LogP contribution in [0.4, 0.5) is 0 Å². The summed E-state index contributed by atoms with van der Waals surface area (Å²) in [5, 5.41) is 3.49. The highest BCUT2D eigenvalue weighted by atomic mass is 15.1. The minimum absolute atomic E-state index is 0.283. The average Bonchev–Trinajstić information content (AvgIpc) is 3.01. The Balaban J connectivity index is 1.83. The molecule has 1 atom stereocenters. The summed E-state index contributed by atoms with van der Waals surface area (Å²) in [6.07, 6.45) is 10.9. The van der Waals surface area contributed by atoms with E-state index >= 15 is 0 Å². The van der Waals surface area contributed by atoms with Gasteiger partial charge in [0.05, 0.1) is 6.33 Å². The Morgan fingerprint density at radius 2 is 2.06 bits per heavy atom. The van der Waals surface area contributed by atoms with Crippen LogP contribution >= 0.6 is 0 Å². The Kier molecular flexibility index (Phi) is 2.97. The lowest BCUT2D eigenvalue weighted by Crippen LogP contribution is -2.30. The quantitative estimate of drug-likeness (QED) is 0.890. The maximum atomic E-state index is 4.42. The topological polar surface area (TPSA) is 29.9 Å². The first-order valence-electron chi connectivity index (χ1n) is 7.33. The molecule has 1 aromatic heterocycles. The second-order valence-electron chi connectivity index (χ2n) is 6.91. The summed E-state index contributed by atoms with van der Waals surface area (Å²) in [6.45, 7) is 8.20. The Hall–Kier alpha value is -0.830. The average molecular weight is 247 g/mol. The van der Waals surface area contributed by atoms with Crippen LogP contribution < -0.4 is 5.32 Å². The molecule has 0 bridgehead atoms. The monoisotopic (exact) mass is 247 g/mol. The highest BCUT2D eigenvalue weighted by Crippen LogP contribution is 2.40. The molecule has 1 unspecified atom stereocenters. The van der Waals surface area contributed by atoms with E-state index in [1.54, 1.807) is 0 Å². The Bertz CT molecular complexity index is 409. The van der Waals surface area contributed by atoms with Gasteiger partial charge >= 0.3 is 0 Å². The molecule has 1 saturated heterocycles. The molecule has 0 radical (unpaired) electrons. The van der Waals surface area contributed by atoms with E-state index in [0.29, 0.717) is 5.41 Å². The van der Waals surface area contributed by atoms with Gasteiger partial charge in [0.1, 0.15) is 0 Å². The van der Waals surface area contributed by atoms with E-state index in [1.165, 1.54) is 37.8 Å². The molecule has 3 nitrogen and oxygen atoms in total. The van der Waals surface area contributed by atoms with Crippen LogP contribution in [0.5, 0.6) is 0 Å². The third-order valence-corrected chi connectivity index (χ3v) is 5.06. The van der Waals surface area contributed by atoms with Crippen molar-refractivity contribution in [2.24, 2.45) is 5.41 Å². The molecule has 3 rings (SSSR count). The molecular formula is C15H25N3. The maximum absolute atomic E-state index is 4.42. The SMILES string of the molecule is CC1(Cn2cncc2C2(C)CCNC2)CCCC1. The minimum Gasteiger partial charge on any atom is -0.333 e. The molecule has 0 spiro atoms. The zero-order valence-electron chi connectivity index (χ0n) is 11.7. The normalized spacial score (nSPS) is 31.0. The van der Waals surface area contributed by atoms with Crippen molar-refractivity contribution >= 4 is 0 Å². The lowest BCUT2D eigenvalue weighted by molar-refractivity contribution is 0.271. The van der Waals surface area contributed by atoms with Crippen molar-refractivity contribution in [2.45, 2.75) is 57.9 Å². The molecule has 2 aliphatic rings. The van der Waals surface area contributed by atoms with E-state index in [0.717, 1.165) is 19.6 Å². The summed E-state index contributed by atoms with van der Waals surface area (Å²) in [7, 11) is 0. The standard InChI is InChI=1S/C15H25N3/c1-14(5-3-4-6-14)11-18-12-17-9-13(18)15(2)7-8-16-10-15/h9,12,16H,3-8,10-11H2,1-2H3. The van der Waals surface area contributed by atoms with Gasteiger partial charge in [-0.1, -0.05) is 26.7 Å². The van der Waals surface area contributed by atoms with E-state index in [9.17, 15) is 0 Å². The van der Waals surface area contributed by atoms with Crippen molar-refractivity contribution in [2.75, 3.05) is 13.1 Å². The van der Waals surface area contributed by atoms with Gasteiger partial charge in [-0.3, -0.25) is 0 Å². The van der Waals surface area contributed by atoms with Gasteiger partial charge in [0.15, 0.2) is 0 Å². The molecule has 1 aliphatic heterocycles. The highest BCUT2D eigenvalue weighted by Gasteiger charge is 2.35. The highest BCUT2D eigenvalue weighted by molar-refractivity contribution is 5.17. The molecule has 3 heteroatoms. The molecule has 2 fully saturated rings. The fourth-order valence-electron chi connectivity index (χ4n) is 3.78. The van der Waals surface area contributed by atoms with Gasteiger partial charge in [-0.15, -0.1) is 0 Å². The minimum atomic E-state index is 0.283. The van der Waals surface area contributed by atoms with Crippen LogP contribution in [0.1, 0.15) is 51.6 Å². The van der Waals surface area contributed by atoms with Crippen LogP contribution in [0.25, 0.3) is 0 Å². The van der Waals surface area contributed by atoms with Gasteiger partial charge in [-0.2, -0.15) is 0 Å². The molecule has 1 saturated carbocycles. The number of imidazole rings is 1. The summed E-state index contributed by atoms with van der Waals surface area (Å²) in [5.74, 6) is 0. The van der Waals surface area contributed by atoms with E-state index in [-0.39, 0.29) is 5.41 Å². The number of nitrogens with zero attached hydrogens (tertiary/aromatic N) is 2. The fourth-order valence-corrected chi connectivity index (χ4v) is 3.78. The molecule has 1 aliphatic carbocycles. The van der Waals surface area contributed by atoms with Crippen molar-refractivity contribution in [3.8, 4) is 0 Å². The molecule has 2 heterocycles. The number of hydrogen-bond acceptors (Lipinski definition) is 2. The third kappa shape index (κ3) is 2.09. The number of hydrogen-bond donors (Lipinski definition) is 1. The smallest absolute Gasteiger partial charge is 0.0948 e. The van der Waals surface area contributed by atoms with Crippen molar-refractivity contribution in [3.05, 3.63) is 18.2 Å². The van der Waals surface area contributed by atoms with E-state index in [4.69, 9.17) is 0 Å². The predicted octanol–water partition coefficient (Wildman–Crippen LogP) is 2.71. The molecule has 100 valence electrons. The van der Waals surface area contributed by atoms with Gasteiger partial charge in [0, 0.05) is 30.4 Å². The fraction of sp³-hybridized carbons (Fsp3) is 0.800. The van der Waals surface area contributed by atoms with Gasteiger partial charge in [0.25, 0.3) is 0 Å². The number of rotatable bonds is 3. The zero-order chi connectivity index (χ0) is 12.6. The first-order valence-corrected chi connectivity index (χ1v) is 7.33. The second-order valence-corrected chi connectivity index (χ2v) is 6.91. The Labute approximate surface area is 110 Å². The van der Waals surface area contributed by atoms with Crippen molar-refractivity contribution in [1.29, 1.82) is 0 Å². The van der Waals surface area contributed by atoms with Gasteiger partial charge in [0.2, 0.25) is 0 Å². The summed E-state index contributed by atoms with van der Waals surface area (Å²) in [4.78, 5) is 4.42. The number of nitrogens with one attached hydrogen (secondary N) is 1. The first kappa shape index (κ1) is 12.2. The van der Waals surface area contributed by atoms with Crippen LogP contribution in [0, 0.1) is 5.41 Å². The van der Waals surface area contributed by atoms with Crippen LogP contribution in [0.15, 0.2) is 12.5 Å². The van der Waals surface area contributed by atoms with Crippen LogP contribution in [0.3, 0.4) is 0 Å². The molecule has 0 amide bonds. The van der Waals surface area contributed by atoms with Crippen LogP contribution in [-0.4, -0.2) is 22.6 Å². The largest absolute Gasteiger partial charge is 0.333 e. The molecule has 0 aromatic carbocycles. The lowest BCUT2D eigenvalue weighted by atomic mass is 9.84. The molecule has 18 heavy (non-hydrogen) atoms. The van der Waals surface area contributed by atoms with Crippen molar-refractivity contribution in [3.63, 3.8) is 0 Å². The third-order valence-electron chi connectivity index (χ3n) is 5.06. The van der Waals surface area contributed by atoms with Crippen molar-refractivity contribution in [1.82, 2.24) is 14.9 Å². The maximum Gasteiger partial charge on any atom is 0.0948 e. The summed E-state index contributed by atoms with van der Waals surface area (Å²) < 4.78 is 2.43. The number of aromatic nitrogens is 2. The Morgan fingerprint density at radius 3 is 2.72 bits per heavy atom. The van der Waals surface area contributed by atoms with Gasteiger partial charge < -0.3 is 9.88 Å². The lowest BCUT2D eigenvalue weighted by Gasteiger charge is -2.29. The summed E-state index contributed by atoms with van der Waals surface area (Å²) in [6, 6.07) is 0. The Morgan fingerprint density at radius 1 is 1.28 bits per heavy atom. The van der Waals surface area contributed by atoms with Gasteiger partial charge in [-0.05, 0) is 31.2 Å².